The quantitative estimate of drug-likeness (QED) is 0.346. The molecule has 0 aromatic heterocycles. The van der Waals surface area contributed by atoms with Crippen LogP contribution < -0.4 is 5.32 Å². The highest BCUT2D eigenvalue weighted by molar-refractivity contribution is 6.32. The molecule has 108 valence electrons. The SMILES string of the molecule is C=CCCOCCNC(=O)c1ccc(Cl)c([N+](=O)[O-])c1. The molecule has 0 saturated carbocycles. The van der Waals surface area contributed by atoms with Crippen molar-refractivity contribution in [3.8, 4) is 0 Å². The van der Waals surface area contributed by atoms with Crippen LogP contribution in [0, 0.1) is 10.1 Å². The summed E-state index contributed by atoms with van der Waals surface area (Å²) in [5.41, 5.74) is -0.103. The van der Waals surface area contributed by atoms with Crippen molar-refractivity contribution in [2.45, 2.75) is 6.42 Å². The second-order valence-electron chi connectivity index (χ2n) is 3.87. The van der Waals surface area contributed by atoms with Crippen molar-refractivity contribution in [1.82, 2.24) is 5.32 Å². The number of halogens is 1. The minimum absolute atomic E-state index is 0.000640. The summed E-state index contributed by atoms with van der Waals surface area (Å²) in [5, 5.41) is 13.3. The lowest BCUT2D eigenvalue weighted by Gasteiger charge is -2.06. The highest BCUT2D eigenvalue weighted by Crippen LogP contribution is 2.24. The van der Waals surface area contributed by atoms with Crippen LogP contribution in [0.25, 0.3) is 0 Å². The van der Waals surface area contributed by atoms with Gasteiger partial charge < -0.3 is 10.1 Å². The Hall–Kier alpha value is -1.92. The molecule has 6 nitrogen and oxygen atoms in total. The minimum Gasteiger partial charge on any atom is -0.379 e. The molecular formula is C13H15ClN2O4. The Morgan fingerprint density at radius 2 is 2.25 bits per heavy atom. The molecule has 1 aromatic carbocycles. The molecule has 0 unspecified atom stereocenters. The van der Waals surface area contributed by atoms with E-state index in [1.54, 1.807) is 6.08 Å². The van der Waals surface area contributed by atoms with Gasteiger partial charge in [0.15, 0.2) is 0 Å². The highest BCUT2D eigenvalue weighted by Gasteiger charge is 2.15. The summed E-state index contributed by atoms with van der Waals surface area (Å²) in [6.45, 7) is 4.80. The van der Waals surface area contributed by atoms with E-state index in [0.29, 0.717) is 19.8 Å². The molecule has 20 heavy (non-hydrogen) atoms. The fourth-order valence-electron chi connectivity index (χ4n) is 1.40. The molecule has 0 aliphatic carbocycles. The zero-order chi connectivity index (χ0) is 15.0. The van der Waals surface area contributed by atoms with Crippen molar-refractivity contribution >= 4 is 23.2 Å². The maximum Gasteiger partial charge on any atom is 0.288 e. The van der Waals surface area contributed by atoms with Gasteiger partial charge in [0.2, 0.25) is 0 Å². The van der Waals surface area contributed by atoms with Gasteiger partial charge in [-0.1, -0.05) is 17.7 Å². The number of nitro groups is 1. The van der Waals surface area contributed by atoms with E-state index in [4.69, 9.17) is 16.3 Å². The summed E-state index contributed by atoms with van der Waals surface area (Å²) < 4.78 is 5.23. The van der Waals surface area contributed by atoms with Crippen molar-refractivity contribution in [2.24, 2.45) is 0 Å². The number of ether oxygens (including phenoxy) is 1. The van der Waals surface area contributed by atoms with Crippen LogP contribution in [0.15, 0.2) is 30.9 Å². The molecule has 1 aromatic rings. The van der Waals surface area contributed by atoms with E-state index in [9.17, 15) is 14.9 Å². The van der Waals surface area contributed by atoms with Crippen LogP contribution in [0.5, 0.6) is 0 Å². The van der Waals surface area contributed by atoms with Gasteiger partial charge in [0.05, 0.1) is 18.1 Å². The molecule has 0 atom stereocenters. The molecule has 0 heterocycles. The molecule has 0 fully saturated rings. The van der Waals surface area contributed by atoms with E-state index < -0.39 is 10.8 Å². The highest BCUT2D eigenvalue weighted by atomic mass is 35.5. The monoisotopic (exact) mass is 298 g/mol. The van der Waals surface area contributed by atoms with Gasteiger partial charge in [-0.3, -0.25) is 14.9 Å². The number of nitrogens with one attached hydrogen (secondary N) is 1. The number of amides is 1. The van der Waals surface area contributed by atoms with Crippen LogP contribution in [0.4, 0.5) is 5.69 Å². The van der Waals surface area contributed by atoms with E-state index in [2.05, 4.69) is 11.9 Å². The van der Waals surface area contributed by atoms with Gasteiger partial charge in [0, 0.05) is 18.2 Å². The third-order valence-electron chi connectivity index (χ3n) is 2.40. The summed E-state index contributed by atoms with van der Waals surface area (Å²) in [4.78, 5) is 21.9. The van der Waals surface area contributed by atoms with Gasteiger partial charge in [-0.05, 0) is 18.6 Å². The molecule has 0 radical (unpaired) electrons. The molecule has 1 amide bonds. The lowest BCUT2D eigenvalue weighted by atomic mass is 10.2. The van der Waals surface area contributed by atoms with Gasteiger partial charge in [0.25, 0.3) is 11.6 Å². The number of nitrogens with zero attached hydrogens (tertiary/aromatic N) is 1. The predicted molar refractivity (Wildman–Crippen MR) is 76.1 cm³/mol. The summed E-state index contributed by atoms with van der Waals surface area (Å²) in [5.74, 6) is -0.405. The lowest BCUT2D eigenvalue weighted by molar-refractivity contribution is -0.384. The normalized spacial score (nSPS) is 10.1. The Morgan fingerprint density at radius 3 is 2.90 bits per heavy atom. The van der Waals surface area contributed by atoms with E-state index in [0.717, 1.165) is 12.5 Å². The average Bonchev–Trinajstić information content (AvgIpc) is 2.42. The molecule has 0 aliphatic rings. The molecular weight excluding hydrogens is 284 g/mol. The van der Waals surface area contributed by atoms with Crippen molar-refractivity contribution < 1.29 is 14.5 Å². The molecule has 7 heteroatoms. The second kappa shape index (κ2) is 8.29. The molecule has 1 rings (SSSR count). The molecule has 1 N–H and O–H groups in total. The lowest BCUT2D eigenvalue weighted by Crippen LogP contribution is -2.27. The van der Waals surface area contributed by atoms with Gasteiger partial charge in [-0.25, -0.2) is 0 Å². The van der Waals surface area contributed by atoms with Crippen molar-refractivity contribution in [3.05, 3.63) is 51.6 Å². The number of nitro benzene ring substituents is 1. The van der Waals surface area contributed by atoms with Gasteiger partial charge in [-0.2, -0.15) is 0 Å². The maximum atomic E-state index is 11.8. The van der Waals surface area contributed by atoms with Crippen molar-refractivity contribution in [3.63, 3.8) is 0 Å². The second-order valence-corrected chi connectivity index (χ2v) is 4.28. The van der Waals surface area contributed by atoms with Crippen molar-refractivity contribution in [1.29, 1.82) is 0 Å². The third kappa shape index (κ3) is 4.99. The van der Waals surface area contributed by atoms with Crippen LogP contribution in [0.2, 0.25) is 5.02 Å². The first-order valence-corrected chi connectivity index (χ1v) is 6.35. The Labute approximate surface area is 121 Å². The largest absolute Gasteiger partial charge is 0.379 e. The fraction of sp³-hybridized carbons (Fsp3) is 0.308. The molecule has 0 bridgehead atoms. The zero-order valence-corrected chi connectivity index (χ0v) is 11.6. The average molecular weight is 299 g/mol. The maximum absolute atomic E-state index is 11.8. The summed E-state index contributed by atoms with van der Waals surface area (Å²) >= 11 is 5.67. The van der Waals surface area contributed by atoms with Crippen LogP contribution in [-0.4, -0.2) is 30.6 Å². The fourth-order valence-corrected chi connectivity index (χ4v) is 1.59. The van der Waals surface area contributed by atoms with Crippen LogP contribution in [0.3, 0.4) is 0 Å². The standard InChI is InChI=1S/C13H15ClN2O4/c1-2-3-7-20-8-6-15-13(17)10-4-5-11(14)12(9-10)16(18)19/h2,4-5,9H,1,3,6-8H2,(H,15,17). The van der Waals surface area contributed by atoms with E-state index in [-0.39, 0.29) is 16.3 Å². The Bertz CT molecular complexity index is 505. The van der Waals surface area contributed by atoms with Gasteiger partial charge in [-0.15, -0.1) is 6.58 Å². The molecule has 0 spiro atoms. The Morgan fingerprint density at radius 1 is 1.50 bits per heavy atom. The predicted octanol–water partition coefficient (Wildman–Crippen LogP) is 2.57. The Kier molecular flexibility index (Phi) is 6.69. The van der Waals surface area contributed by atoms with E-state index >= 15 is 0 Å². The number of hydrogen-bond donors (Lipinski definition) is 1. The number of rotatable bonds is 8. The Balaban J connectivity index is 2.49. The zero-order valence-electron chi connectivity index (χ0n) is 10.8. The third-order valence-corrected chi connectivity index (χ3v) is 2.72. The molecule has 0 aliphatic heterocycles. The van der Waals surface area contributed by atoms with Crippen LogP contribution in [-0.2, 0) is 4.74 Å². The number of carbonyl (C=O) groups is 1. The first-order chi connectivity index (χ1) is 9.56. The smallest absolute Gasteiger partial charge is 0.288 e. The number of benzene rings is 1. The van der Waals surface area contributed by atoms with Gasteiger partial charge >= 0.3 is 0 Å². The van der Waals surface area contributed by atoms with E-state index in [1.807, 2.05) is 0 Å². The molecule has 0 saturated heterocycles. The number of carbonyl (C=O) groups excluding carboxylic acids is 1. The van der Waals surface area contributed by atoms with Crippen molar-refractivity contribution in [2.75, 3.05) is 19.8 Å². The van der Waals surface area contributed by atoms with Crippen LogP contribution >= 0.6 is 11.6 Å². The first-order valence-electron chi connectivity index (χ1n) is 5.97. The van der Waals surface area contributed by atoms with Crippen LogP contribution in [0.1, 0.15) is 16.8 Å². The minimum atomic E-state index is -0.627. The summed E-state index contributed by atoms with van der Waals surface area (Å²) in [6.07, 6.45) is 2.49. The topological polar surface area (TPSA) is 81.5 Å². The summed E-state index contributed by atoms with van der Waals surface area (Å²) in [7, 11) is 0. The van der Waals surface area contributed by atoms with E-state index in [1.165, 1.54) is 12.1 Å². The first kappa shape index (κ1) is 16.1. The van der Waals surface area contributed by atoms with Gasteiger partial charge in [0.1, 0.15) is 5.02 Å². The summed E-state index contributed by atoms with van der Waals surface area (Å²) in [6, 6.07) is 3.91. The number of hydrogen-bond acceptors (Lipinski definition) is 4.